The van der Waals surface area contributed by atoms with E-state index in [0.29, 0.717) is 23.0 Å². The van der Waals surface area contributed by atoms with Crippen molar-refractivity contribution in [1.82, 2.24) is 19.7 Å². The highest BCUT2D eigenvalue weighted by atomic mass is 35.5. The Hall–Kier alpha value is -2.08. The highest BCUT2D eigenvalue weighted by molar-refractivity contribution is 6.32. The van der Waals surface area contributed by atoms with Gasteiger partial charge in [0.25, 0.3) is 5.91 Å². The Morgan fingerprint density at radius 3 is 2.54 bits per heavy atom. The second-order valence-corrected chi connectivity index (χ2v) is 6.63. The number of aromatic nitrogens is 3. The molecule has 0 saturated heterocycles. The number of rotatable bonds is 6. The average Bonchev–Trinajstić information content (AvgIpc) is 2.91. The van der Waals surface area contributed by atoms with E-state index in [1.807, 2.05) is 40.9 Å². The van der Waals surface area contributed by atoms with Crippen molar-refractivity contribution < 1.29 is 9.53 Å². The summed E-state index contributed by atoms with van der Waals surface area (Å²) in [6.45, 7) is 8.21. The van der Waals surface area contributed by atoms with Crippen LogP contribution in [0.4, 0.5) is 0 Å². The van der Waals surface area contributed by atoms with Gasteiger partial charge in [0.05, 0.1) is 17.9 Å². The summed E-state index contributed by atoms with van der Waals surface area (Å²) in [5, 5.41) is 4.48. The number of hydrogen-bond acceptors (Lipinski definition) is 4. The second-order valence-electron chi connectivity index (χ2n) is 6.23. The molecule has 6 nitrogen and oxygen atoms in total. The lowest BCUT2D eigenvalue weighted by molar-refractivity contribution is 0.0689. The lowest BCUT2D eigenvalue weighted by Gasteiger charge is -2.26. The minimum Gasteiger partial charge on any atom is -0.474 e. The van der Waals surface area contributed by atoms with E-state index in [0.717, 1.165) is 5.56 Å². The highest BCUT2D eigenvalue weighted by Crippen LogP contribution is 2.24. The predicted octanol–water partition coefficient (Wildman–Crippen LogP) is 3.31. The molecule has 7 heteroatoms. The number of carbonyl (C=O) groups excluding carboxylic acids is 1. The number of hydrogen-bond donors (Lipinski definition) is 0. The minimum absolute atomic E-state index is 0.0306. The van der Waals surface area contributed by atoms with Gasteiger partial charge in [-0.3, -0.25) is 9.48 Å². The van der Waals surface area contributed by atoms with Gasteiger partial charge in [-0.2, -0.15) is 5.10 Å². The molecule has 0 aliphatic carbocycles. The number of carbonyl (C=O) groups is 1. The molecular weight excluding hydrogens is 328 g/mol. The van der Waals surface area contributed by atoms with E-state index < -0.39 is 0 Å². The van der Waals surface area contributed by atoms with Crippen LogP contribution >= 0.6 is 11.6 Å². The fourth-order valence-electron chi connectivity index (χ4n) is 2.26. The van der Waals surface area contributed by atoms with Crippen molar-refractivity contribution in [3.05, 3.63) is 40.8 Å². The molecule has 0 atom stereocenters. The van der Waals surface area contributed by atoms with Gasteiger partial charge in [-0.1, -0.05) is 11.6 Å². The van der Waals surface area contributed by atoms with Gasteiger partial charge >= 0.3 is 0 Å². The molecule has 0 bridgehead atoms. The molecule has 130 valence electrons. The van der Waals surface area contributed by atoms with Gasteiger partial charge in [-0.15, -0.1) is 0 Å². The number of pyridine rings is 1. The summed E-state index contributed by atoms with van der Waals surface area (Å²) in [6.07, 6.45) is 5.13. The molecule has 2 heterocycles. The Morgan fingerprint density at radius 1 is 1.33 bits per heavy atom. The smallest absolute Gasteiger partial charge is 0.256 e. The second kappa shape index (κ2) is 7.66. The summed E-state index contributed by atoms with van der Waals surface area (Å²) in [7, 11) is 1.85. The third-order valence-corrected chi connectivity index (χ3v) is 3.67. The van der Waals surface area contributed by atoms with Crippen molar-refractivity contribution in [2.75, 3.05) is 0 Å². The Bertz CT molecular complexity index is 712. The Kier molecular flexibility index (Phi) is 5.83. The molecule has 0 spiro atoms. The van der Waals surface area contributed by atoms with Gasteiger partial charge in [0.15, 0.2) is 0 Å². The molecule has 24 heavy (non-hydrogen) atoms. The third-order valence-electron chi connectivity index (χ3n) is 3.40. The molecule has 2 rings (SSSR count). The molecule has 0 aromatic carbocycles. The first-order chi connectivity index (χ1) is 11.3. The van der Waals surface area contributed by atoms with Crippen molar-refractivity contribution in [3.63, 3.8) is 0 Å². The summed E-state index contributed by atoms with van der Waals surface area (Å²) in [6, 6.07) is 1.64. The predicted molar refractivity (Wildman–Crippen MR) is 93.2 cm³/mol. The largest absolute Gasteiger partial charge is 0.474 e. The highest BCUT2D eigenvalue weighted by Gasteiger charge is 2.21. The maximum atomic E-state index is 12.8. The van der Waals surface area contributed by atoms with Crippen LogP contribution in [0, 0.1) is 0 Å². The van der Waals surface area contributed by atoms with Crippen LogP contribution in [0.1, 0.15) is 43.6 Å². The van der Waals surface area contributed by atoms with Crippen LogP contribution < -0.4 is 4.74 Å². The number of nitrogens with zero attached hydrogens (tertiary/aromatic N) is 4. The van der Waals surface area contributed by atoms with E-state index in [1.165, 1.54) is 6.20 Å². The lowest BCUT2D eigenvalue weighted by atomic mass is 10.2. The average molecular weight is 351 g/mol. The van der Waals surface area contributed by atoms with Crippen LogP contribution in [0.5, 0.6) is 5.88 Å². The van der Waals surface area contributed by atoms with Crippen LogP contribution in [0.25, 0.3) is 0 Å². The summed E-state index contributed by atoms with van der Waals surface area (Å²) < 4.78 is 7.22. The SMILES string of the molecule is CC(C)Oc1ncc(C(=O)N(Cc2cnn(C)c2)C(C)C)cc1Cl. The van der Waals surface area contributed by atoms with Crippen LogP contribution in [0.3, 0.4) is 0 Å². The molecule has 2 aromatic heterocycles. The first-order valence-corrected chi connectivity index (χ1v) is 8.26. The summed E-state index contributed by atoms with van der Waals surface area (Å²) in [5.41, 5.74) is 1.41. The molecule has 0 unspecified atom stereocenters. The lowest BCUT2D eigenvalue weighted by Crippen LogP contribution is -2.36. The van der Waals surface area contributed by atoms with Crippen LogP contribution in [0.15, 0.2) is 24.7 Å². The topological polar surface area (TPSA) is 60.2 Å². The van der Waals surface area contributed by atoms with Crippen molar-refractivity contribution in [1.29, 1.82) is 0 Å². The van der Waals surface area contributed by atoms with E-state index in [4.69, 9.17) is 16.3 Å². The third kappa shape index (κ3) is 4.47. The van der Waals surface area contributed by atoms with Gasteiger partial charge < -0.3 is 9.64 Å². The molecule has 0 aliphatic rings. The van der Waals surface area contributed by atoms with Crippen molar-refractivity contribution in [2.24, 2.45) is 7.05 Å². The first kappa shape index (κ1) is 18.3. The Balaban J connectivity index is 2.21. The zero-order valence-electron chi connectivity index (χ0n) is 14.7. The maximum Gasteiger partial charge on any atom is 0.256 e. The van der Waals surface area contributed by atoms with Gasteiger partial charge in [0.1, 0.15) is 5.02 Å². The minimum atomic E-state index is -0.126. The standard InChI is InChI=1S/C17H23ClN4O2/c1-11(2)22(10-13-7-20-21(5)9-13)17(23)14-6-15(18)16(19-8-14)24-12(3)4/h6-9,11-12H,10H2,1-5H3. The zero-order valence-corrected chi connectivity index (χ0v) is 15.4. The van der Waals surface area contributed by atoms with Gasteiger partial charge in [-0.25, -0.2) is 4.98 Å². The molecule has 0 aliphatic heterocycles. The van der Waals surface area contributed by atoms with Gasteiger partial charge in [-0.05, 0) is 33.8 Å². The Morgan fingerprint density at radius 2 is 2.04 bits per heavy atom. The van der Waals surface area contributed by atoms with Crippen LogP contribution in [0.2, 0.25) is 5.02 Å². The molecule has 0 radical (unpaired) electrons. The fraction of sp³-hybridized carbons (Fsp3) is 0.471. The monoisotopic (exact) mass is 350 g/mol. The molecule has 0 saturated carbocycles. The van der Waals surface area contributed by atoms with Gasteiger partial charge in [0, 0.05) is 37.6 Å². The molecule has 0 N–H and O–H groups in total. The van der Waals surface area contributed by atoms with E-state index >= 15 is 0 Å². The van der Waals surface area contributed by atoms with Crippen LogP contribution in [-0.4, -0.2) is 37.7 Å². The molecular formula is C17H23ClN4O2. The van der Waals surface area contributed by atoms with E-state index in [-0.39, 0.29) is 18.1 Å². The maximum absolute atomic E-state index is 12.8. The van der Waals surface area contributed by atoms with Crippen molar-refractivity contribution in [2.45, 2.75) is 46.4 Å². The van der Waals surface area contributed by atoms with E-state index in [2.05, 4.69) is 10.1 Å². The quantitative estimate of drug-likeness (QED) is 0.802. The summed E-state index contributed by atoms with van der Waals surface area (Å²) >= 11 is 6.19. The van der Waals surface area contributed by atoms with Gasteiger partial charge in [0.2, 0.25) is 5.88 Å². The first-order valence-electron chi connectivity index (χ1n) is 7.88. The number of amides is 1. The fourth-order valence-corrected chi connectivity index (χ4v) is 2.47. The number of aryl methyl sites for hydroxylation is 1. The zero-order chi connectivity index (χ0) is 17.9. The Labute approximate surface area is 147 Å². The van der Waals surface area contributed by atoms with Crippen molar-refractivity contribution >= 4 is 17.5 Å². The summed E-state index contributed by atoms with van der Waals surface area (Å²) in [4.78, 5) is 18.8. The van der Waals surface area contributed by atoms with Crippen LogP contribution in [-0.2, 0) is 13.6 Å². The number of halogens is 1. The normalized spacial score (nSPS) is 11.2. The molecule has 1 amide bonds. The molecule has 2 aromatic rings. The summed E-state index contributed by atoms with van der Waals surface area (Å²) in [5.74, 6) is 0.214. The van der Waals surface area contributed by atoms with E-state index in [9.17, 15) is 4.79 Å². The number of ether oxygens (including phenoxy) is 1. The van der Waals surface area contributed by atoms with Crippen molar-refractivity contribution in [3.8, 4) is 5.88 Å². The van der Waals surface area contributed by atoms with E-state index in [1.54, 1.807) is 21.8 Å². The molecule has 0 fully saturated rings.